The fraction of sp³-hybridized carbons (Fsp3) is 0.304. The lowest BCUT2D eigenvalue weighted by Gasteiger charge is -2.00. The topological polar surface area (TPSA) is 69.0 Å². The summed E-state index contributed by atoms with van der Waals surface area (Å²) >= 11 is 3.20. The molecule has 3 aromatic heterocycles. The van der Waals surface area contributed by atoms with Gasteiger partial charge in [-0.2, -0.15) is 5.11 Å². The predicted octanol–water partition coefficient (Wildman–Crippen LogP) is 6.24. The second-order valence-electron chi connectivity index (χ2n) is 7.16. The third kappa shape index (κ3) is 5.60. The van der Waals surface area contributed by atoms with Gasteiger partial charge >= 0.3 is 0 Å². The number of azo groups is 1. The summed E-state index contributed by atoms with van der Waals surface area (Å²) in [6.45, 7) is 4.27. The van der Waals surface area contributed by atoms with Crippen LogP contribution in [-0.2, 0) is 29.0 Å². The van der Waals surface area contributed by atoms with E-state index < -0.39 is 0 Å². The molecule has 0 spiro atoms. The number of aryl methyl sites for hydroxylation is 1. The molecule has 0 unspecified atom stereocenters. The van der Waals surface area contributed by atoms with Gasteiger partial charge < -0.3 is 9.47 Å². The minimum atomic E-state index is -0.203. The van der Waals surface area contributed by atoms with Crippen LogP contribution in [0.15, 0.2) is 53.0 Å². The van der Waals surface area contributed by atoms with Crippen molar-refractivity contribution < 1.29 is 13.9 Å². The average molecular weight is 471 g/mol. The fourth-order valence-electron chi connectivity index (χ4n) is 3.19. The molecule has 4 rings (SSSR count). The molecule has 0 saturated carbocycles. The van der Waals surface area contributed by atoms with Crippen molar-refractivity contribution in [1.82, 2.24) is 9.97 Å². The number of aromatic nitrogens is 2. The van der Waals surface area contributed by atoms with Crippen molar-refractivity contribution in [3.05, 3.63) is 74.3 Å². The van der Waals surface area contributed by atoms with Crippen LogP contribution in [0.2, 0.25) is 0 Å². The van der Waals surface area contributed by atoms with E-state index in [4.69, 9.17) is 9.47 Å². The maximum Gasteiger partial charge on any atom is 0.185 e. The zero-order chi connectivity index (χ0) is 22.3. The Balaban J connectivity index is 1.44. The Morgan fingerprint density at radius 1 is 1.06 bits per heavy atom. The van der Waals surface area contributed by atoms with Crippen LogP contribution in [0.1, 0.15) is 25.8 Å². The first-order valence-corrected chi connectivity index (χ1v) is 11.8. The van der Waals surface area contributed by atoms with E-state index in [9.17, 15) is 4.39 Å². The van der Waals surface area contributed by atoms with E-state index in [0.717, 1.165) is 24.8 Å². The molecule has 0 atom stereocenters. The summed E-state index contributed by atoms with van der Waals surface area (Å²) < 4.78 is 24.6. The number of methoxy groups -OCH3 is 1. The first-order chi connectivity index (χ1) is 15.6. The molecular weight excluding hydrogens is 447 g/mol. The molecule has 0 bridgehead atoms. The number of fused-ring (bicyclic) bond motifs is 1. The molecule has 0 amide bonds. The summed E-state index contributed by atoms with van der Waals surface area (Å²) in [5.74, 6) is 0.328. The van der Waals surface area contributed by atoms with E-state index in [-0.39, 0.29) is 5.82 Å². The van der Waals surface area contributed by atoms with Crippen LogP contribution in [0.3, 0.4) is 0 Å². The Morgan fingerprint density at radius 3 is 2.78 bits per heavy atom. The van der Waals surface area contributed by atoms with Gasteiger partial charge in [0.2, 0.25) is 0 Å². The van der Waals surface area contributed by atoms with Gasteiger partial charge in [0.1, 0.15) is 17.0 Å². The smallest absolute Gasteiger partial charge is 0.185 e. The Morgan fingerprint density at radius 2 is 1.94 bits per heavy atom. The van der Waals surface area contributed by atoms with E-state index in [1.165, 1.54) is 29.3 Å². The van der Waals surface area contributed by atoms with Crippen LogP contribution >= 0.6 is 22.7 Å². The Labute approximate surface area is 193 Å². The SMILES string of the molecule is COCCOCc1cc(C)c(CN=Nc2ncnc3sc(Cc4ccccc4F)cc23)s1. The van der Waals surface area contributed by atoms with Crippen molar-refractivity contribution in [3.63, 3.8) is 0 Å². The Hall–Kier alpha value is -2.59. The van der Waals surface area contributed by atoms with Gasteiger partial charge in [0, 0.05) is 28.2 Å². The predicted molar refractivity (Wildman–Crippen MR) is 125 cm³/mol. The standard InChI is InChI=1S/C23H23FN4O2S2/c1-15-9-18(13-30-8-7-29-2)31-21(15)12-27-28-22-19-11-17(32-23(19)26-14-25-22)10-16-5-3-4-6-20(16)24/h3-6,9,11,14H,7-8,10,12-13H2,1-2H3. The summed E-state index contributed by atoms with van der Waals surface area (Å²) in [4.78, 5) is 12.8. The second-order valence-corrected chi connectivity index (χ2v) is 9.50. The van der Waals surface area contributed by atoms with Crippen LogP contribution in [-0.4, -0.2) is 30.3 Å². The van der Waals surface area contributed by atoms with Crippen LogP contribution < -0.4 is 0 Å². The molecule has 4 aromatic rings. The van der Waals surface area contributed by atoms with E-state index in [1.54, 1.807) is 30.6 Å². The monoisotopic (exact) mass is 470 g/mol. The highest BCUT2D eigenvalue weighted by Gasteiger charge is 2.11. The van der Waals surface area contributed by atoms with Crippen LogP contribution in [0.4, 0.5) is 10.2 Å². The highest BCUT2D eigenvalue weighted by Crippen LogP contribution is 2.32. The summed E-state index contributed by atoms with van der Waals surface area (Å²) in [6, 6.07) is 10.9. The van der Waals surface area contributed by atoms with Gasteiger partial charge in [-0.1, -0.05) is 18.2 Å². The zero-order valence-corrected chi connectivity index (χ0v) is 19.5. The highest BCUT2D eigenvalue weighted by atomic mass is 32.1. The van der Waals surface area contributed by atoms with E-state index in [1.807, 2.05) is 12.1 Å². The molecule has 0 fully saturated rings. The van der Waals surface area contributed by atoms with Crippen LogP contribution in [0.25, 0.3) is 10.2 Å². The molecule has 32 heavy (non-hydrogen) atoms. The Kier molecular flexibility index (Phi) is 7.64. The molecule has 0 aliphatic heterocycles. The van der Waals surface area contributed by atoms with Crippen molar-refractivity contribution in [2.75, 3.05) is 20.3 Å². The van der Waals surface area contributed by atoms with E-state index in [2.05, 4.69) is 33.2 Å². The quantitative estimate of drug-likeness (QED) is 0.203. The lowest BCUT2D eigenvalue weighted by atomic mass is 10.1. The molecule has 0 aliphatic carbocycles. The fourth-order valence-corrected chi connectivity index (χ4v) is 5.24. The molecular formula is C23H23FN4O2S2. The molecule has 166 valence electrons. The third-order valence-corrected chi connectivity index (χ3v) is 7.05. The number of nitrogens with zero attached hydrogens (tertiary/aromatic N) is 4. The van der Waals surface area contributed by atoms with Crippen LogP contribution in [0, 0.1) is 12.7 Å². The van der Waals surface area contributed by atoms with Gasteiger partial charge in [-0.25, -0.2) is 14.4 Å². The summed E-state index contributed by atoms with van der Waals surface area (Å²) in [5, 5.41) is 9.59. The third-order valence-electron chi connectivity index (χ3n) is 4.81. The normalized spacial score (nSPS) is 11.7. The van der Waals surface area contributed by atoms with E-state index in [0.29, 0.717) is 44.2 Å². The molecule has 9 heteroatoms. The maximum absolute atomic E-state index is 14.0. The minimum Gasteiger partial charge on any atom is -0.382 e. The van der Waals surface area contributed by atoms with Gasteiger partial charge in [-0.3, -0.25) is 0 Å². The van der Waals surface area contributed by atoms with E-state index >= 15 is 0 Å². The number of halogens is 1. The zero-order valence-electron chi connectivity index (χ0n) is 17.9. The van der Waals surface area contributed by atoms with Crippen molar-refractivity contribution in [1.29, 1.82) is 0 Å². The number of hydrogen-bond acceptors (Lipinski definition) is 8. The Bertz CT molecular complexity index is 1220. The molecule has 3 heterocycles. The molecule has 0 aliphatic rings. The first kappa shape index (κ1) is 22.6. The lowest BCUT2D eigenvalue weighted by molar-refractivity contribution is 0.0628. The number of thiophene rings is 2. The molecule has 1 aromatic carbocycles. The molecule has 0 N–H and O–H groups in total. The minimum absolute atomic E-state index is 0.203. The highest BCUT2D eigenvalue weighted by molar-refractivity contribution is 7.18. The summed E-state index contributed by atoms with van der Waals surface area (Å²) in [5.41, 5.74) is 1.83. The van der Waals surface area contributed by atoms with Gasteiger partial charge in [0.05, 0.1) is 31.8 Å². The number of ether oxygens (including phenoxy) is 2. The van der Waals surface area contributed by atoms with Crippen molar-refractivity contribution >= 4 is 38.7 Å². The summed E-state index contributed by atoms with van der Waals surface area (Å²) in [7, 11) is 1.66. The van der Waals surface area contributed by atoms with Crippen molar-refractivity contribution in [2.24, 2.45) is 10.2 Å². The average Bonchev–Trinajstić information content (AvgIpc) is 3.36. The lowest BCUT2D eigenvalue weighted by Crippen LogP contribution is -2.00. The van der Waals surface area contributed by atoms with Crippen LogP contribution in [0.5, 0.6) is 0 Å². The maximum atomic E-state index is 14.0. The van der Waals surface area contributed by atoms with Gasteiger partial charge in [-0.15, -0.1) is 27.8 Å². The largest absolute Gasteiger partial charge is 0.382 e. The number of benzene rings is 1. The number of rotatable bonds is 10. The molecule has 0 radical (unpaired) electrons. The van der Waals surface area contributed by atoms with Crippen molar-refractivity contribution in [3.8, 4) is 0 Å². The molecule has 0 saturated heterocycles. The van der Waals surface area contributed by atoms with Gasteiger partial charge in [0.15, 0.2) is 5.82 Å². The second kappa shape index (κ2) is 10.8. The number of hydrogen-bond donors (Lipinski definition) is 0. The molecule has 6 nitrogen and oxygen atoms in total. The van der Waals surface area contributed by atoms with Crippen molar-refractivity contribution in [2.45, 2.75) is 26.5 Å². The first-order valence-electron chi connectivity index (χ1n) is 10.1. The summed E-state index contributed by atoms with van der Waals surface area (Å²) in [6.07, 6.45) is 2.00. The van der Waals surface area contributed by atoms with Gasteiger partial charge in [-0.05, 0) is 36.2 Å². The van der Waals surface area contributed by atoms with Gasteiger partial charge in [0.25, 0.3) is 0 Å².